The molecule has 1 aliphatic rings. The second-order valence-corrected chi connectivity index (χ2v) is 15.8. The summed E-state index contributed by atoms with van der Waals surface area (Å²) in [6, 6.07) is -10.3. The van der Waals surface area contributed by atoms with Crippen LogP contribution < -0.4 is 83.5 Å². The molecule has 8 atom stereocenters. The number of hydrogen-bond donors (Lipinski definition) is 17. The lowest BCUT2D eigenvalue weighted by Crippen LogP contribution is -2.59. The van der Waals surface area contributed by atoms with E-state index in [9.17, 15) is 48.6 Å². The number of nitrogens with two attached hydrogens (primary N) is 9. The molecular formula is C38H72N20O10. The van der Waals surface area contributed by atoms with Crippen molar-refractivity contribution in [3.63, 3.8) is 0 Å². The number of hydrogen-bond acceptors (Lipinski definition) is 14. The van der Waals surface area contributed by atoms with Crippen molar-refractivity contribution in [1.29, 1.82) is 0 Å². The van der Waals surface area contributed by atoms with Crippen molar-refractivity contribution in [2.45, 2.75) is 126 Å². The van der Waals surface area contributed by atoms with E-state index in [0.29, 0.717) is 6.42 Å². The highest BCUT2D eigenvalue weighted by Gasteiger charge is 2.38. The minimum atomic E-state index is -1.37. The van der Waals surface area contributed by atoms with Crippen molar-refractivity contribution >= 4 is 71.2 Å². The van der Waals surface area contributed by atoms with Gasteiger partial charge in [0.15, 0.2) is 23.8 Å². The lowest BCUT2D eigenvalue weighted by atomic mass is 10.1. The Morgan fingerprint density at radius 2 is 0.882 bits per heavy atom. The topological polar surface area (TPSA) is 536 Å². The van der Waals surface area contributed by atoms with E-state index in [1.807, 2.05) is 0 Å². The normalized spacial score (nSPS) is 16.1. The van der Waals surface area contributed by atoms with Crippen LogP contribution in [0.1, 0.15) is 78.1 Å². The first kappa shape index (κ1) is 58.8. The number of amides is 7. The zero-order valence-corrected chi connectivity index (χ0v) is 38.5. The molecule has 1 heterocycles. The maximum atomic E-state index is 14.0. The number of carbonyl (C=O) groups is 8. The lowest BCUT2D eigenvalue weighted by molar-refractivity contribution is -0.142. The molecule has 1 saturated heterocycles. The fourth-order valence-corrected chi connectivity index (χ4v) is 6.55. The van der Waals surface area contributed by atoms with E-state index in [2.05, 4.69) is 51.9 Å². The van der Waals surface area contributed by atoms with Crippen molar-refractivity contribution in [3.05, 3.63) is 0 Å². The Bertz CT molecular complexity index is 1830. The van der Waals surface area contributed by atoms with Gasteiger partial charge in [-0.15, -0.1) is 0 Å². The number of aliphatic hydroxyl groups excluding tert-OH is 1. The summed E-state index contributed by atoms with van der Waals surface area (Å²) in [7, 11) is 0. The molecule has 0 aromatic carbocycles. The molecular weight excluding hydrogens is 897 g/mol. The fourth-order valence-electron chi connectivity index (χ4n) is 6.55. The van der Waals surface area contributed by atoms with Crippen molar-refractivity contribution in [3.8, 4) is 0 Å². The Kier molecular flexibility index (Phi) is 26.7. The second kappa shape index (κ2) is 30.9. The Hall–Kier alpha value is -7.24. The average Bonchev–Trinajstić information content (AvgIpc) is 3.76. The maximum absolute atomic E-state index is 14.0. The van der Waals surface area contributed by atoms with E-state index in [0.717, 1.165) is 0 Å². The van der Waals surface area contributed by atoms with Gasteiger partial charge in [-0.1, -0.05) is 0 Å². The summed E-state index contributed by atoms with van der Waals surface area (Å²) in [6.45, 7) is 2.28. The summed E-state index contributed by atoms with van der Waals surface area (Å²) in [5, 5.41) is 33.9. The molecule has 0 bridgehead atoms. The van der Waals surface area contributed by atoms with Crippen LogP contribution in [0.2, 0.25) is 0 Å². The lowest BCUT2D eigenvalue weighted by Gasteiger charge is -2.29. The van der Waals surface area contributed by atoms with Gasteiger partial charge < -0.3 is 98.6 Å². The highest BCUT2D eigenvalue weighted by molar-refractivity contribution is 5.97. The molecule has 1 fully saturated rings. The molecule has 0 aliphatic carbocycles. The minimum absolute atomic E-state index is 0.0314. The molecule has 0 saturated carbocycles. The zero-order valence-electron chi connectivity index (χ0n) is 38.5. The van der Waals surface area contributed by atoms with Gasteiger partial charge in [0.25, 0.3) is 0 Å². The first-order chi connectivity index (χ1) is 32.0. The summed E-state index contributed by atoms with van der Waals surface area (Å²) in [5.74, 6) is -7.81. The third kappa shape index (κ3) is 22.8. The Morgan fingerprint density at radius 1 is 0.544 bits per heavy atom. The van der Waals surface area contributed by atoms with Gasteiger partial charge in [-0.3, -0.25) is 58.3 Å². The molecule has 384 valence electrons. The predicted molar refractivity (Wildman–Crippen MR) is 250 cm³/mol. The Balaban J connectivity index is 3.41. The van der Waals surface area contributed by atoms with Gasteiger partial charge in [0.1, 0.15) is 48.3 Å². The molecule has 0 aromatic heterocycles. The van der Waals surface area contributed by atoms with E-state index in [1.54, 1.807) is 0 Å². The molecule has 0 unspecified atom stereocenters. The van der Waals surface area contributed by atoms with Gasteiger partial charge in [-0.05, 0) is 78.1 Å². The van der Waals surface area contributed by atoms with E-state index >= 15 is 0 Å². The average molecular weight is 969 g/mol. The molecule has 26 N–H and O–H groups in total. The van der Waals surface area contributed by atoms with Crippen LogP contribution in [0.5, 0.6) is 0 Å². The second-order valence-electron chi connectivity index (χ2n) is 15.8. The number of rotatable bonds is 31. The molecule has 68 heavy (non-hydrogen) atoms. The van der Waals surface area contributed by atoms with Gasteiger partial charge >= 0.3 is 5.97 Å². The number of likely N-dealkylation sites (tertiary alicyclic amines) is 1. The largest absolute Gasteiger partial charge is 0.480 e. The maximum Gasteiger partial charge on any atom is 0.325 e. The van der Waals surface area contributed by atoms with E-state index in [4.69, 9.17) is 51.6 Å². The van der Waals surface area contributed by atoms with Crippen LogP contribution in [0.15, 0.2) is 20.0 Å². The quantitative estimate of drug-likeness (QED) is 0.0174. The minimum Gasteiger partial charge on any atom is -0.480 e. The van der Waals surface area contributed by atoms with Crippen LogP contribution in [-0.4, -0.2) is 174 Å². The number of carbonyl (C=O) groups excluding carboxylic acids is 7. The van der Waals surface area contributed by atoms with Crippen LogP contribution in [0.4, 0.5) is 0 Å². The van der Waals surface area contributed by atoms with Crippen molar-refractivity contribution < 1.29 is 48.6 Å². The number of aliphatic imine (C=N–C) groups is 4. The third-order valence-electron chi connectivity index (χ3n) is 10.1. The van der Waals surface area contributed by atoms with Gasteiger partial charge in [-0.2, -0.15) is 0 Å². The summed E-state index contributed by atoms with van der Waals surface area (Å²) in [6.07, 6.45) is 1.11. The monoisotopic (exact) mass is 969 g/mol. The van der Waals surface area contributed by atoms with E-state index < -0.39 is 102 Å². The van der Waals surface area contributed by atoms with Gasteiger partial charge in [-0.25, -0.2) is 0 Å². The summed E-state index contributed by atoms with van der Waals surface area (Å²) in [5.41, 5.74) is 49.2. The first-order valence-corrected chi connectivity index (χ1v) is 21.9. The number of carboxylic acid groups (broad SMARTS) is 1. The predicted octanol–water partition coefficient (Wildman–Crippen LogP) is -8.46. The molecule has 30 nitrogen and oxygen atoms in total. The highest BCUT2D eigenvalue weighted by atomic mass is 16.4. The zero-order chi connectivity index (χ0) is 51.5. The van der Waals surface area contributed by atoms with E-state index in [1.165, 1.54) is 18.7 Å². The number of nitrogens with zero attached hydrogens (tertiary/aromatic N) is 5. The van der Waals surface area contributed by atoms with Crippen LogP contribution in [0.3, 0.4) is 0 Å². The van der Waals surface area contributed by atoms with Gasteiger partial charge in [0.05, 0.1) is 6.61 Å². The summed E-state index contributed by atoms with van der Waals surface area (Å²) >= 11 is 0. The van der Waals surface area contributed by atoms with Crippen LogP contribution in [0.25, 0.3) is 0 Å². The summed E-state index contributed by atoms with van der Waals surface area (Å²) < 4.78 is 0. The van der Waals surface area contributed by atoms with Crippen molar-refractivity contribution in [1.82, 2.24) is 36.8 Å². The van der Waals surface area contributed by atoms with Crippen molar-refractivity contribution in [2.24, 2.45) is 71.6 Å². The summed E-state index contributed by atoms with van der Waals surface area (Å²) in [4.78, 5) is 123. The van der Waals surface area contributed by atoms with Crippen LogP contribution in [-0.2, 0) is 38.4 Å². The number of nitrogens with one attached hydrogen (secondary N) is 6. The SMILES string of the molecule is C[C@H](NC(=O)[C@H](CCCN=C(N)N)NC(=O)[C@H](CCCN=C(N)N)NC(=O)[C@H](C)NC(=O)[C@H](CCCN=C(N)N)NC(=O)[C@H](CCCN=C(N)N)NC(=O)[C@@H]1CCCN1C(=O)[C@@H](N)CO)C(=O)O. The standard InChI is InChI=1S/C38H72N20O10/c1-19(27(60)54-24(10-5-15-50-37(44)45)30(63)56-23(9-4-14-49-36(42)43)29(62)53-20(2)34(67)68)52-28(61)22(8-3-13-48-35(40)41)55-31(64)25(11-6-16-51-38(46)47)57-32(65)26-12-7-17-58(26)33(66)21(39)18-59/h19-26,59H,3-18,39H2,1-2H3,(H,52,61)(H,53,62)(H,54,60)(H,55,64)(H,56,63)(H,57,65)(H,67,68)(H4,40,41,48)(H4,42,43,49)(H4,44,45,50)(H4,46,47,51)/t19-,20-,21-,22-,23-,24-,25-,26-/m0/s1. The molecule has 1 aliphatic heterocycles. The first-order valence-electron chi connectivity index (χ1n) is 21.9. The highest BCUT2D eigenvalue weighted by Crippen LogP contribution is 2.19. The Morgan fingerprint density at radius 3 is 1.24 bits per heavy atom. The molecule has 0 radical (unpaired) electrons. The van der Waals surface area contributed by atoms with E-state index in [-0.39, 0.29) is 114 Å². The van der Waals surface area contributed by atoms with Crippen LogP contribution >= 0.6 is 0 Å². The Labute approximate surface area is 393 Å². The molecule has 1 rings (SSSR count). The molecule has 30 heteroatoms. The molecule has 0 aromatic rings. The van der Waals surface area contributed by atoms with Crippen LogP contribution in [0, 0.1) is 0 Å². The number of carboxylic acids is 1. The fraction of sp³-hybridized carbons (Fsp3) is 0.684. The van der Waals surface area contributed by atoms with Gasteiger partial charge in [0.2, 0.25) is 41.4 Å². The van der Waals surface area contributed by atoms with Gasteiger partial charge in [0, 0.05) is 32.7 Å². The van der Waals surface area contributed by atoms with Crippen molar-refractivity contribution in [2.75, 3.05) is 39.3 Å². The molecule has 0 spiro atoms. The number of guanidine groups is 4. The number of aliphatic carboxylic acids is 1. The third-order valence-corrected chi connectivity index (χ3v) is 10.1. The number of aliphatic hydroxyl groups is 1. The molecule has 7 amide bonds. The smallest absolute Gasteiger partial charge is 0.325 e.